The summed E-state index contributed by atoms with van der Waals surface area (Å²) in [4.78, 5) is 15.7. The number of nitrogens with zero attached hydrogens (tertiary/aromatic N) is 5. The molecule has 0 unspecified atom stereocenters. The number of aliphatic imine (C=N–C) groups is 1. The van der Waals surface area contributed by atoms with Crippen LogP contribution in [0.4, 0.5) is 5.82 Å². The molecule has 2 N–H and O–H groups in total. The van der Waals surface area contributed by atoms with Gasteiger partial charge in [0.15, 0.2) is 5.96 Å². The molecule has 0 radical (unpaired) electrons. The van der Waals surface area contributed by atoms with Gasteiger partial charge in [0.2, 0.25) is 0 Å². The number of guanidine groups is 1. The lowest BCUT2D eigenvalue weighted by molar-refractivity contribution is 0.312. The molecule has 1 fully saturated rings. The minimum Gasteiger partial charge on any atom is -0.370 e. The molecule has 1 aromatic rings. The number of likely N-dealkylation sites (N-methyl/N-ethyl adjacent to an activating group) is 1. The molecule has 2 heterocycles. The molecule has 0 spiro atoms. The number of nitrogens with two attached hydrogens (primary N) is 1. The van der Waals surface area contributed by atoms with Crippen molar-refractivity contribution in [2.45, 2.75) is 20.4 Å². The predicted molar refractivity (Wildman–Crippen MR) is 92.2 cm³/mol. The summed E-state index contributed by atoms with van der Waals surface area (Å²) in [5, 5.41) is 0. The predicted octanol–water partition coefficient (Wildman–Crippen LogP) is 0.990. The third-order valence-corrected chi connectivity index (χ3v) is 4.15. The van der Waals surface area contributed by atoms with Gasteiger partial charge >= 0.3 is 0 Å². The number of hydrogen-bond acceptors (Lipinski definition) is 4. The zero-order valence-electron chi connectivity index (χ0n) is 14.0. The molecule has 0 amide bonds. The lowest BCUT2D eigenvalue weighted by Crippen LogP contribution is -2.44. The van der Waals surface area contributed by atoms with Crippen LogP contribution in [-0.4, -0.2) is 67.1 Å². The highest BCUT2D eigenvalue weighted by atomic mass is 15.3. The zero-order valence-corrected chi connectivity index (χ0v) is 14.0. The van der Waals surface area contributed by atoms with E-state index in [1.807, 2.05) is 11.1 Å². The van der Waals surface area contributed by atoms with Crippen LogP contribution < -0.4 is 10.6 Å². The first-order valence-corrected chi connectivity index (χ1v) is 8.07. The summed E-state index contributed by atoms with van der Waals surface area (Å²) in [7, 11) is 2.16. The lowest BCUT2D eigenvalue weighted by Gasteiger charge is -2.33. The molecule has 1 saturated heterocycles. The van der Waals surface area contributed by atoms with Crippen LogP contribution in [0.25, 0.3) is 0 Å². The van der Waals surface area contributed by atoms with Crippen LogP contribution in [0.2, 0.25) is 0 Å². The Morgan fingerprint density at radius 3 is 2.45 bits per heavy atom. The maximum Gasteiger partial charge on any atom is 0.191 e. The van der Waals surface area contributed by atoms with Gasteiger partial charge in [0.1, 0.15) is 5.82 Å². The summed E-state index contributed by atoms with van der Waals surface area (Å²) in [5.74, 6) is 1.66. The van der Waals surface area contributed by atoms with Crippen LogP contribution in [0.15, 0.2) is 23.3 Å². The number of anilines is 1. The van der Waals surface area contributed by atoms with E-state index in [2.05, 4.69) is 52.8 Å². The standard InChI is InChI=1S/C16H28N6/c1-4-21(5-2)16(17)19-13-14-6-7-15(18-12-14)22-10-8-20(3)9-11-22/h6-7,12H,4-5,8-11,13H2,1-3H3,(H2,17,19). The highest BCUT2D eigenvalue weighted by Crippen LogP contribution is 2.14. The summed E-state index contributed by atoms with van der Waals surface area (Å²) >= 11 is 0. The molecule has 2 rings (SSSR count). The number of piperazine rings is 1. The molecule has 6 nitrogen and oxygen atoms in total. The Hall–Kier alpha value is -1.82. The summed E-state index contributed by atoms with van der Waals surface area (Å²) in [6.07, 6.45) is 1.91. The van der Waals surface area contributed by atoms with Crippen LogP contribution in [0.1, 0.15) is 19.4 Å². The topological polar surface area (TPSA) is 61.0 Å². The molecule has 0 saturated carbocycles. The SMILES string of the molecule is CCN(CC)C(N)=NCc1ccc(N2CCN(C)CC2)nc1. The Kier molecular flexibility index (Phi) is 6.00. The van der Waals surface area contributed by atoms with E-state index in [-0.39, 0.29) is 0 Å². The van der Waals surface area contributed by atoms with Gasteiger partial charge in [-0.25, -0.2) is 9.98 Å². The molecule has 1 aliphatic heterocycles. The van der Waals surface area contributed by atoms with Crippen LogP contribution in [0.3, 0.4) is 0 Å². The van der Waals surface area contributed by atoms with Gasteiger partial charge in [-0.05, 0) is 32.5 Å². The van der Waals surface area contributed by atoms with Crippen LogP contribution >= 0.6 is 0 Å². The number of rotatable bonds is 5. The molecule has 22 heavy (non-hydrogen) atoms. The second-order valence-corrected chi connectivity index (χ2v) is 5.66. The van der Waals surface area contributed by atoms with E-state index >= 15 is 0 Å². The van der Waals surface area contributed by atoms with Gasteiger partial charge in [-0.3, -0.25) is 0 Å². The van der Waals surface area contributed by atoms with E-state index in [0.29, 0.717) is 12.5 Å². The van der Waals surface area contributed by atoms with Crippen LogP contribution in [-0.2, 0) is 6.54 Å². The third-order valence-electron chi connectivity index (χ3n) is 4.15. The fraction of sp³-hybridized carbons (Fsp3) is 0.625. The summed E-state index contributed by atoms with van der Waals surface area (Å²) in [6.45, 7) is 10.8. The van der Waals surface area contributed by atoms with E-state index < -0.39 is 0 Å². The average molecular weight is 304 g/mol. The van der Waals surface area contributed by atoms with Crippen molar-refractivity contribution < 1.29 is 0 Å². The monoisotopic (exact) mass is 304 g/mol. The zero-order chi connectivity index (χ0) is 15.9. The van der Waals surface area contributed by atoms with Crippen molar-refractivity contribution in [1.29, 1.82) is 0 Å². The van der Waals surface area contributed by atoms with Crippen molar-refractivity contribution >= 4 is 11.8 Å². The fourth-order valence-corrected chi connectivity index (χ4v) is 2.55. The van der Waals surface area contributed by atoms with Crippen molar-refractivity contribution in [1.82, 2.24) is 14.8 Å². The fourth-order valence-electron chi connectivity index (χ4n) is 2.55. The first-order chi connectivity index (χ1) is 10.6. The largest absolute Gasteiger partial charge is 0.370 e. The maximum atomic E-state index is 5.99. The van der Waals surface area contributed by atoms with Crippen LogP contribution in [0, 0.1) is 0 Å². The summed E-state index contributed by atoms with van der Waals surface area (Å²) in [5.41, 5.74) is 7.08. The first kappa shape index (κ1) is 16.5. The van der Waals surface area contributed by atoms with Gasteiger partial charge in [0, 0.05) is 45.5 Å². The average Bonchev–Trinajstić information content (AvgIpc) is 2.55. The molecule has 0 bridgehead atoms. The van der Waals surface area contributed by atoms with E-state index in [1.54, 1.807) is 0 Å². The smallest absolute Gasteiger partial charge is 0.191 e. The van der Waals surface area contributed by atoms with Crippen molar-refractivity contribution in [2.75, 3.05) is 51.2 Å². The van der Waals surface area contributed by atoms with Crippen molar-refractivity contribution in [3.05, 3.63) is 23.9 Å². The molecule has 122 valence electrons. The highest BCUT2D eigenvalue weighted by molar-refractivity contribution is 5.78. The minimum atomic E-state index is 0.582. The van der Waals surface area contributed by atoms with Gasteiger partial charge in [-0.15, -0.1) is 0 Å². The Labute approximate surface area is 133 Å². The number of aromatic nitrogens is 1. The molecule has 0 aromatic carbocycles. The van der Waals surface area contributed by atoms with Gasteiger partial charge in [-0.2, -0.15) is 0 Å². The molecule has 1 aromatic heterocycles. The Morgan fingerprint density at radius 1 is 1.23 bits per heavy atom. The van der Waals surface area contributed by atoms with Gasteiger partial charge in [0.25, 0.3) is 0 Å². The molecule has 0 aliphatic carbocycles. The van der Waals surface area contributed by atoms with Gasteiger partial charge in [-0.1, -0.05) is 6.07 Å². The number of pyridine rings is 1. The van der Waals surface area contributed by atoms with Crippen molar-refractivity contribution in [3.63, 3.8) is 0 Å². The van der Waals surface area contributed by atoms with E-state index in [1.165, 1.54) is 0 Å². The first-order valence-electron chi connectivity index (χ1n) is 8.07. The summed E-state index contributed by atoms with van der Waals surface area (Å²) < 4.78 is 0. The maximum absolute atomic E-state index is 5.99. The Bertz CT molecular complexity index is 472. The second-order valence-electron chi connectivity index (χ2n) is 5.66. The third kappa shape index (κ3) is 4.34. The number of hydrogen-bond donors (Lipinski definition) is 1. The second kappa shape index (κ2) is 7.98. The van der Waals surface area contributed by atoms with Crippen molar-refractivity contribution in [2.24, 2.45) is 10.7 Å². The molecule has 1 aliphatic rings. The normalized spacial score (nSPS) is 16.9. The van der Waals surface area contributed by atoms with E-state index in [9.17, 15) is 0 Å². The van der Waals surface area contributed by atoms with Gasteiger partial charge < -0.3 is 20.4 Å². The minimum absolute atomic E-state index is 0.582. The molecular weight excluding hydrogens is 276 g/mol. The quantitative estimate of drug-likeness (QED) is 0.649. The van der Waals surface area contributed by atoms with Crippen molar-refractivity contribution in [3.8, 4) is 0 Å². The Morgan fingerprint density at radius 2 is 1.91 bits per heavy atom. The van der Waals surface area contributed by atoms with E-state index in [0.717, 1.165) is 50.6 Å². The Balaban J connectivity index is 1.93. The lowest BCUT2D eigenvalue weighted by atomic mass is 10.2. The van der Waals surface area contributed by atoms with E-state index in [4.69, 9.17) is 5.73 Å². The molecular formula is C16H28N6. The van der Waals surface area contributed by atoms with Crippen LogP contribution in [0.5, 0.6) is 0 Å². The van der Waals surface area contributed by atoms with Gasteiger partial charge in [0.05, 0.1) is 6.54 Å². The molecule has 6 heteroatoms. The summed E-state index contributed by atoms with van der Waals surface area (Å²) in [6, 6.07) is 4.18. The highest BCUT2D eigenvalue weighted by Gasteiger charge is 2.14. The molecule has 0 atom stereocenters.